The van der Waals surface area contributed by atoms with E-state index in [1.54, 1.807) is 0 Å². The van der Waals surface area contributed by atoms with Crippen molar-refractivity contribution >= 4 is 0 Å². The molecule has 1 atom stereocenters. The highest BCUT2D eigenvalue weighted by atomic mass is 14.9. The van der Waals surface area contributed by atoms with E-state index in [0.29, 0.717) is 6.04 Å². The molecule has 0 radical (unpaired) electrons. The van der Waals surface area contributed by atoms with E-state index in [2.05, 4.69) is 18.8 Å². The quantitative estimate of drug-likeness (QED) is 0.540. The molecule has 0 saturated heterocycles. The first-order chi connectivity index (χ1) is 4.81. The molecule has 0 rings (SSSR count). The largest absolute Gasteiger partial charge is 0.329 e. The molecule has 3 N–H and O–H groups in total. The van der Waals surface area contributed by atoms with E-state index >= 15 is 0 Å². The van der Waals surface area contributed by atoms with Gasteiger partial charge >= 0.3 is 0 Å². The zero-order valence-electron chi connectivity index (χ0n) is 6.77. The smallest absolute Gasteiger partial charge is 0.00769 e. The van der Waals surface area contributed by atoms with E-state index in [-0.39, 0.29) is 0 Å². The second-order valence-corrected chi connectivity index (χ2v) is 2.51. The van der Waals surface area contributed by atoms with E-state index in [4.69, 9.17) is 5.73 Å². The van der Waals surface area contributed by atoms with Crippen molar-refractivity contribution in [3.05, 3.63) is 12.7 Å². The lowest BCUT2D eigenvalue weighted by molar-refractivity contribution is 0.525. The van der Waals surface area contributed by atoms with Crippen LogP contribution in [0.2, 0.25) is 0 Å². The van der Waals surface area contributed by atoms with E-state index < -0.39 is 0 Å². The first kappa shape index (κ1) is 9.66. The van der Waals surface area contributed by atoms with Gasteiger partial charge in [-0.1, -0.05) is 6.08 Å². The van der Waals surface area contributed by atoms with Crippen LogP contribution in [-0.2, 0) is 0 Å². The molecule has 60 valence electrons. The fourth-order valence-electron chi connectivity index (χ4n) is 0.800. The number of rotatable bonds is 6. The van der Waals surface area contributed by atoms with Gasteiger partial charge in [0.1, 0.15) is 0 Å². The molecule has 0 spiro atoms. The molecule has 0 amide bonds. The zero-order valence-corrected chi connectivity index (χ0v) is 6.77. The van der Waals surface area contributed by atoms with Gasteiger partial charge in [0.15, 0.2) is 0 Å². The Morgan fingerprint density at radius 2 is 2.40 bits per heavy atom. The van der Waals surface area contributed by atoms with E-state index in [1.807, 2.05) is 6.08 Å². The van der Waals surface area contributed by atoms with E-state index in [1.165, 1.54) is 0 Å². The Bertz CT molecular complexity index is 81.3. The molecule has 0 fully saturated rings. The average Bonchev–Trinajstić information content (AvgIpc) is 1.97. The average molecular weight is 142 g/mol. The van der Waals surface area contributed by atoms with Gasteiger partial charge in [-0.3, -0.25) is 0 Å². The Labute approximate surface area is 63.5 Å². The van der Waals surface area contributed by atoms with Crippen LogP contribution >= 0.6 is 0 Å². The number of hydrogen-bond donors (Lipinski definition) is 2. The molecule has 0 aliphatic carbocycles. The minimum Gasteiger partial charge on any atom is -0.329 e. The van der Waals surface area contributed by atoms with Gasteiger partial charge in [-0.25, -0.2) is 0 Å². The molecule has 0 aromatic heterocycles. The van der Waals surface area contributed by atoms with Crippen molar-refractivity contribution in [3.63, 3.8) is 0 Å². The fourth-order valence-corrected chi connectivity index (χ4v) is 0.800. The van der Waals surface area contributed by atoms with Gasteiger partial charge in [0.25, 0.3) is 0 Å². The summed E-state index contributed by atoms with van der Waals surface area (Å²) in [7, 11) is 0. The van der Waals surface area contributed by atoms with Crippen LogP contribution in [0.15, 0.2) is 12.7 Å². The summed E-state index contributed by atoms with van der Waals surface area (Å²) in [5, 5.41) is 3.29. The van der Waals surface area contributed by atoms with Gasteiger partial charge in [0.05, 0.1) is 0 Å². The zero-order chi connectivity index (χ0) is 7.82. The first-order valence-electron chi connectivity index (χ1n) is 3.85. The van der Waals surface area contributed by atoms with Crippen LogP contribution in [0.3, 0.4) is 0 Å². The Hall–Kier alpha value is -0.340. The monoisotopic (exact) mass is 142 g/mol. The summed E-state index contributed by atoms with van der Waals surface area (Å²) in [5.41, 5.74) is 5.32. The number of hydrogen-bond acceptors (Lipinski definition) is 2. The lowest BCUT2D eigenvalue weighted by Gasteiger charge is -2.10. The summed E-state index contributed by atoms with van der Waals surface area (Å²) in [6, 6.07) is 0.571. The second-order valence-electron chi connectivity index (χ2n) is 2.51. The minimum absolute atomic E-state index is 0.571. The highest BCUT2D eigenvalue weighted by molar-refractivity contribution is 4.70. The van der Waals surface area contributed by atoms with Crippen molar-refractivity contribution < 1.29 is 0 Å². The van der Waals surface area contributed by atoms with Crippen LogP contribution in [0.1, 0.15) is 19.8 Å². The van der Waals surface area contributed by atoms with E-state index in [9.17, 15) is 0 Å². The van der Waals surface area contributed by atoms with Crippen LogP contribution in [-0.4, -0.2) is 19.1 Å². The molecule has 2 heteroatoms. The SMILES string of the molecule is C=CCCC(C)NCCN. The predicted octanol–water partition coefficient (Wildman–Crippen LogP) is 0.889. The topological polar surface area (TPSA) is 38.0 Å². The maximum atomic E-state index is 5.32. The van der Waals surface area contributed by atoms with E-state index in [0.717, 1.165) is 25.9 Å². The third kappa shape index (κ3) is 5.79. The third-order valence-electron chi connectivity index (χ3n) is 1.44. The number of allylic oxidation sites excluding steroid dienone is 1. The summed E-state index contributed by atoms with van der Waals surface area (Å²) in [4.78, 5) is 0. The molecular weight excluding hydrogens is 124 g/mol. The van der Waals surface area contributed by atoms with Crippen molar-refractivity contribution in [2.24, 2.45) is 5.73 Å². The van der Waals surface area contributed by atoms with Gasteiger partial charge in [-0.15, -0.1) is 6.58 Å². The molecule has 10 heavy (non-hydrogen) atoms. The Morgan fingerprint density at radius 1 is 1.70 bits per heavy atom. The van der Waals surface area contributed by atoms with Crippen molar-refractivity contribution in [3.8, 4) is 0 Å². The summed E-state index contributed by atoms with van der Waals surface area (Å²) in [5.74, 6) is 0. The summed E-state index contributed by atoms with van der Waals surface area (Å²) in [6.45, 7) is 7.46. The molecule has 0 bridgehead atoms. The summed E-state index contributed by atoms with van der Waals surface area (Å²) in [6.07, 6.45) is 4.18. The second kappa shape index (κ2) is 6.78. The fraction of sp³-hybridized carbons (Fsp3) is 0.750. The standard InChI is InChI=1S/C8H18N2/c1-3-4-5-8(2)10-7-6-9/h3,8,10H,1,4-7,9H2,2H3. The minimum atomic E-state index is 0.571. The van der Waals surface area contributed by atoms with Gasteiger partial charge in [-0.2, -0.15) is 0 Å². The Kier molecular flexibility index (Phi) is 6.55. The number of nitrogens with one attached hydrogen (secondary N) is 1. The Morgan fingerprint density at radius 3 is 2.90 bits per heavy atom. The van der Waals surface area contributed by atoms with Gasteiger partial charge < -0.3 is 11.1 Å². The van der Waals surface area contributed by atoms with Crippen molar-refractivity contribution in [1.29, 1.82) is 0 Å². The molecule has 0 aliphatic heterocycles. The van der Waals surface area contributed by atoms with Crippen LogP contribution in [0.4, 0.5) is 0 Å². The molecule has 2 nitrogen and oxygen atoms in total. The maximum absolute atomic E-state index is 5.32. The highest BCUT2D eigenvalue weighted by Gasteiger charge is 1.96. The van der Waals surface area contributed by atoms with Crippen LogP contribution < -0.4 is 11.1 Å². The van der Waals surface area contributed by atoms with Crippen molar-refractivity contribution in [2.45, 2.75) is 25.8 Å². The lowest BCUT2D eigenvalue weighted by atomic mass is 10.2. The molecule has 0 aromatic carbocycles. The molecule has 0 aromatic rings. The van der Waals surface area contributed by atoms with Crippen molar-refractivity contribution in [2.75, 3.05) is 13.1 Å². The van der Waals surface area contributed by atoms with Gasteiger partial charge in [-0.05, 0) is 19.8 Å². The maximum Gasteiger partial charge on any atom is 0.00769 e. The molecule has 0 aliphatic rings. The van der Waals surface area contributed by atoms with Gasteiger partial charge in [0, 0.05) is 19.1 Å². The number of nitrogens with two attached hydrogens (primary N) is 1. The molecule has 0 heterocycles. The lowest BCUT2D eigenvalue weighted by Crippen LogP contribution is -2.30. The Balaban J connectivity index is 3.07. The first-order valence-corrected chi connectivity index (χ1v) is 3.85. The normalized spacial score (nSPS) is 13.0. The van der Waals surface area contributed by atoms with Crippen molar-refractivity contribution in [1.82, 2.24) is 5.32 Å². The van der Waals surface area contributed by atoms with Gasteiger partial charge in [0.2, 0.25) is 0 Å². The highest BCUT2D eigenvalue weighted by Crippen LogP contribution is 1.94. The van der Waals surface area contributed by atoms with Crippen LogP contribution in [0.5, 0.6) is 0 Å². The summed E-state index contributed by atoms with van der Waals surface area (Å²) < 4.78 is 0. The van der Waals surface area contributed by atoms with Crippen LogP contribution in [0, 0.1) is 0 Å². The third-order valence-corrected chi connectivity index (χ3v) is 1.44. The molecule has 1 unspecified atom stereocenters. The summed E-state index contributed by atoms with van der Waals surface area (Å²) >= 11 is 0. The predicted molar refractivity (Wildman–Crippen MR) is 46.0 cm³/mol. The molecular formula is C8H18N2. The van der Waals surface area contributed by atoms with Crippen LogP contribution in [0.25, 0.3) is 0 Å². The molecule has 0 saturated carbocycles.